The molecule has 0 saturated carbocycles. The number of primary amides is 2. The summed E-state index contributed by atoms with van der Waals surface area (Å²) in [6.07, 6.45) is 3.21. The molecular weight excluding hydrogens is 276 g/mol. The van der Waals surface area contributed by atoms with Gasteiger partial charge in [-0.2, -0.15) is 0 Å². The number of nitrogens with one attached hydrogen (secondary N) is 1. The number of allylic oxidation sites excluding steroid dienone is 1. The summed E-state index contributed by atoms with van der Waals surface area (Å²) >= 11 is 0. The number of aromatic nitrogens is 1. The summed E-state index contributed by atoms with van der Waals surface area (Å²) in [7, 11) is 0. The number of amides is 3. The van der Waals surface area contributed by atoms with Gasteiger partial charge in [-0.3, -0.25) is 14.4 Å². The predicted molar refractivity (Wildman–Crippen MR) is 73.8 cm³/mol. The Labute approximate surface area is 121 Å². The quantitative estimate of drug-likeness (QED) is 0.600. The van der Waals surface area contributed by atoms with Crippen LogP contribution in [0.3, 0.4) is 0 Å². The molecule has 1 heterocycles. The fourth-order valence-corrected chi connectivity index (χ4v) is 1.60. The van der Waals surface area contributed by atoms with Crippen LogP contribution in [0.25, 0.3) is 0 Å². The molecule has 0 spiro atoms. The third kappa shape index (κ3) is 4.75. The molecule has 1 unspecified atom stereocenters. The molecule has 0 aliphatic heterocycles. The van der Waals surface area contributed by atoms with Crippen molar-refractivity contribution in [2.45, 2.75) is 32.7 Å². The molecule has 8 nitrogen and oxygen atoms in total. The van der Waals surface area contributed by atoms with Gasteiger partial charge in [0.1, 0.15) is 12.3 Å². The van der Waals surface area contributed by atoms with Gasteiger partial charge in [0.05, 0.1) is 6.20 Å². The van der Waals surface area contributed by atoms with E-state index in [-0.39, 0.29) is 12.3 Å². The molecular formula is C13H18N4O4. The molecule has 114 valence electrons. The zero-order valence-electron chi connectivity index (χ0n) is 11.9. The Hall–Kier alpha value is -2.64. The van der Waals surface area contributed by atoms with Crippen LogP contribution in [0.15, 0.2) is 28.0 Å². The van der Waals surface area contributed by atoms with E-state index in [1.54, 1.807) is 13.8 Å². The van der Waals surface area contributed by atoms with Crippen LogP contribution in [0.4, 0.5) is 0 Å². The van der Waals surface area contributed by atoms with Crippen molar-refractivity contribution in [1.29, 1.82) is 0 Å². The van der Waals surface area contributed by atoms with E-state index in [0.717, 1.165) is 5.57 Å². The van der Waals surface area contributed by atoms with Crippen molar-refractivity contribution < 1.29 is 18.8 Å². The highest BCUT2D eigenvalue weighted by molar-refractivity contribution is 5.94. The molecule has 0 bridgehead atoms. The molecule has 5 N–H and O–H groups in total. The molecule has 0 fully saturated rings. The summed E-state index contributed by atoms with van der Waals surface area (Å²) in [6, 6.07) is -0.889. The molecule has 21 heavy (non-hydrogen) atoms. The Bertz CT molecular complexity index is 563. The molecule has 0 saturated heterocycles. The molecule has 1 aromatic rings. The van der Waals surface area contributed by atoms with E-state index in [2.05, 4.69) is 10.3 Å². The van der Waals surface area contributed by atoms with Gasteiger partial charge in [-0.15, -0.1) is 0 Å². The van der Waals surface area contributed by atoms with Gasteiger partial charge >= 0.3 is 5.91 Å². The van der Waals surface area contributed by atoms with Gasteiger partial charge in [0, 0.05) is 5.57 Å². The third-order valence-corrected chi connectivity index (χ3v) is 3.09. The smallest absolute Gasteiger partial charge is 0.307 e. The molecule has 1 aromatic heterocycles. The van der Waals surface area contributed by atoms with Crippen molar-refractivity contribution in [2.75, 3.05) is 0 Å². The predicted octanol–water partition coefficient (Wildman–Crippen LogP) is -0.140. The number of hydrogen-bond acceptors (Lipinski definition) is 5. The molecule has 1 atom stereocenters. The van der Waals surface area contributed by atoms with Crippen LogP contribution < -0.4 is 16.8 Å². The summed E-state index contributed by atoms with van der Waals surface area (Å²) in [5.74, 6) is -1.98. The second-order valence-electron chi connectivity index (χ2n) is 4.57. The zero-order chi connectivity index (χ0) is 16.0. The van der Waals surface area contributed by atoms with Crippen molar-refractivity contribution >= 4 is 17.7 Å². The van der Waals surface area contributed by atoms with Gasteiger partial charge in [0.25, 0.3) is 5.89 Å². The lowest BCUT2D eigenvalue weighted by atomic mass is 10.0. The number of carbonyl (C=O) groups is 3. The molecule has 1 rings (SSSR count). The SMILES string of the molecule is CC(CCC(NC(=O)c1ncco1)C(N)=O)=C(C)C(N)=O. The Morgan fingerprint density at radius 1 is 1.33 bits per heavy atom. The Balaban J connectivity index is 2.67. The number of hydrogen-bond donors (Lipinski definition) is 3. The minimum absolute atomic E-state index is 0.151. The van der Waals surface area contributed by atoms with E-state index in [1.807, 2.05) is 0 Å². The van der Waals surface area contributed by atoms with Crippen molar-refractivity contribution in [3.05, 3.63) is 29.5 Å². The second-order valence-corrected chi connectivity index (χ2v) is 4.57. The van der Waals surface area contributed by atoms with Crippen LogP contribution in [0.2, 0.25) is 0 Å². The molecule has 3 amide bonds. The number of nitrogens with two attached hydrogens (primary N) is 2. The van der Waals surface area contributed by atoms with E-state index in [0.29, 0.717) is 12.0 Å². The van der Waals surface area contributed by atoms with Crippen LogP contribution in [0.1, 0.15) is 37.4 Å². The highest BCUT2D eigenvalue weighted by Crippen LogP contribution is 2.12. The van der Waals surface area contributed by atoms with E-state index in [9.17, 15) is 14.4 Å². The number of nitrogens with zero attached hydrogens (tertiary/aromatic N) is 1. The minimum Gasteiger partial charge on any atom is -0.441 e. The van der Waals surface area contributed by atoms with Crippen LogP contribution in [-0.2, 0) is 9.59 Å². The monoisotopic (exact) mass is 294 g/mol. The highest BCUT2D eigenvalue weighted by Gasteiger charge is 2.21. The summed E-state index contributed by atoms with van der Waals surface area (Å²) in [4.78, 5) is 37.8. The zero-order valence-corrected chi connectivity index (χ0v) is 11.9. The Kier molecular flexibility index (Phi) is 5.65. The average molecular weight is 294 g/mol. The van der Waals surface area contributed by atoms with Crippen molar-refractivity contribution in [3.63, 3.8) is 0 Å². The Morgan fingerprint density at radius 3 is 2.48 bits per heavy atom. The van der Waals surface area contributed by atoms with Crippen molar-refractivity contribution in [1.82, 2.24) is 10.3 Å². The fraction of sp³-hybridized carbons (Fsp3) is 0.385. The molecule has 8 heteroatoms. The van der Waals surface area contributed by atoms with E-state index in [1.165, 1.54) is 12.5 Å². The normalized spacial score (nSPS) is 13.2. The molecule has 0 aliphatic carbocycles. The fourth-order valence-electron chi connectivity index (χ4n) is 1.60. The van der Waals surface area contributed by atoms with E-state index < -0.39 is 23.8 Å². The summed E-state index contributed by atoms with van der Waals surface area (Å²) in [5, 5.41) is 2.43. The van der Waals surface area contributed by atoms with Crippen LogP contribution in [0.5, 0.6) is 0 Å². The number of carbonyl (C=O) groups excluding carboxylic acids is 3. The van der Waals surface area contributed by atoms with Gasteiger partial charge in [-0.1, -0.05) is 5.57 Å². The largest absolute Gasteiger partial charge is 0.441 e. The standard InChI is InChI=1S/C13H18N4O4/c1-7(8(2)10(14)18)3-4-9(11(15)19)17-12(20)13-16-5-6-21-13/h5-6,9H,3-4H2,1-2H3,(H2,14,18)(H2,15,19)(H,17,20). The lowest BCUT2D eigenvalue weighted by Crippen LogP contribution is -2.44. The maximum Gasteiger partial charge on any atom is 0.307 e. The second kappa shape index (κ2) is 7.22. The average Bonchev–Trinajstić information content (AvgIpc) is 2.95. The van der Waals surface area contributed by atoms with Gasteiger partial charge in [-0.05, 0) is 26.7 Å². The first-order valence-corrected chi connectivity index (χ1v) is 6.28. The van der Waals surface area contributed by atoms with Gasteiger partial charge < -0.3 is 21.2 Å². The summed E-state index contributed by atoms with van der Waals surface area (Å²) < 4.78 is 4.83. The number of rotatable bonds is 7. The van der Waals surface area contributed by atoms with Crippen LogP contribution >= 0.6 is 0 Å². The maximum atomic E-state index is 11.7. The van der Waals surface area contributed by atoms with Crippen molar-refractivity contribution in [3.8, 4) is 0 Å². The summed E-state index contributed by atoms with van der Waals surface area (Å²) in [6.45, 7) is 3.33. The summed E-state index contributed by atoms with van der Waals surface area (Å²) in [5.41, 5.74) is 11.6. The number of oxazole rings is 1. The van der Waals surface area contributed by atoms with Gasteiger partial charge in [0.2, 0.25) is 11.8 Å². The van der Waals surface area contributed by atoms with Crippen molar-refractivity contribution in [2.24, 2.45) is 11.5 Å². The van der Waals surface area contributed by atoms with Gasteiger partial charge in [0.15, 0.2) is 0 Å². The van der Waals surface area contributed by atoms with E-state index >= 15 is 0 Å². The van der Waals surface area contributed by atoms with Gasteiger partial charge in [-0.25, -0.2) is 4.98 Å². The lowest BCUT2D eigenvalue weighted by molar-refractivity contribution is -0.120. The van der Waals surface area contributed by atoms with Crippen LogP contribution in [0, 0.1) is 0 Å². The molecule has 0 radical (unpaired) electrons. The topological polar surface area (TPSA) is 141 Å². The minimum atomic E-state index is -0.889. The first-order chi connectivity index (χ1) is 9.82. The Morgan fingerprint density at radius 2 is 2.00 bits per heavy atom. The lowest BCUT2D eigenvalue weighted by Gasteiger charge is -2.15. The maximum absolute atomic E-state index is 11.7. The first kappa shape index (κ1) is 16.4. The molecule has 0 aliphatic rings. The van der Waals surface area contributed by atoms with Crippen LogP contribution in [-0.4, -0.2) is 28.7 Å². The highest BCUT2D eigenvalue weighted by atomic mass is 16.3. The third-order valence-electron chi connectivity index (χ3n) is 3.09. The first-order valence-electron chi connectivity index (χ1n) is 6.28. The van der Waals surface area contributed by atoms with E-state index in [4.69, 9.17) is 15.9 Å². The molecule has 0 aromatic carbocycles.